The molecule has 0 radical (unpaired) electrons. The van der Waals surface area contributed by atoms with Gasteiger partial charge in [0.1, 0.15) is 0 Å². The lowest BCUT2D eigenvalue weighted by molar-refractivity contribution is -0.184. The van der Waals surface area contributed by atoms with Gasteiger partial charge < -0.3 is 0 Å². The number of carbonyl (C=O) groups excluding carboxylic acids is 1. The summed E-state index contributed by atoms with van der Waals surface area (Å²) < 4.78 is 36.8. The van der Waals surface area contributed by atoms with Gasteiger partial charge in [-0.05, 0) is 13.8 Å². The number of amides is 1. The summed E-state index contributed by atoms with van der Waals surface area (Å²) >= 11 is 0. The van der Waals surface area contributed by atoms with Crippen LogP contribution in [0.3, 0.4) is 0 Å². The summed E-state index contributed by atoms with van der Waals surface area (Å²) in [5.74, 6) is -0.739. The molecule has 0 saturated heterocycles. The average molecular weight is 251 g/mol. The van der Waals surface area contributed by atoms with Gasteiger partial charge in [0.25, 0.3) is 5.91 Å². The number of aromatic nitrogens is 2. The minimum absolute atomic E-state index is 0.217. The van der Waals surface area contributed by atoms with Crippen LogP contribution in [0.15, 0.2) is 0 Å². The molecule has 0 atom stereocenters. The molecule has 5 nitrogen and oxygen atoms in total. The Labute approximate surface area is 95.5 Å². The van der Waals surface area contributed by atoms with Crippen LogP contribution >= 0.6 is 0 Å². The number of rotatable bonds is 3. The van der Waals surface area contributed by atoms with Crippen molar-refractivity contribution in [2.24, 2.45) is 7.05 Å². The Bertz CT molecular complexity index is 426. The summed E-state index contributed by atoms with van der Waals surface area (Å²) in [7, 11) is 1.63. The van der Waals surface area contributed by atoms with Gasteiger partial charge >= 0.3 is 6.18 Å². The Kier molecular flexibility index (Phi) is 3.76. The molecule has 0 aliphatic heterocycles. The molecule has 1 aromatic rings. The summed E-state index contributed by atoms with van der Waals surface area (Å²) in [5, 5.41) is 3.97. The van der Waals surface area contributed by atoms with Crippen molar-refractivity contribution in [1.29, 1.82) is 0 Å². The van der Waals surface area contributed by atoms with E-state index < -0.39 is 18.7 Å². The highest BCUT2D eigenvalue weighted by Crippen LogP contribution is 2.14. The maximum atomic E-state index is 11.8. The molecule has 0 unspecified atom stereocenters. The topological polar surface area (TPSA) is 56.2 Å². The van der Waals surface area contributed by atoms with E-state index in [1.165, 1.54) is 4.68 Å². The van der Waals surface area contributed by atoms with E-state index in [2.05, 4.69) is 9.94 Å². The molecule has 96 valence electrons. The van der Waals surface area contributed by atoms with Gasteiger partial charge in [-0.25, -0.2) is 5.48 Å². The number of nitrogens with one attached hydrogen (secondary N) is 1. The Morgan fingerprint density at radius 3 is 2.47 bits per heavy atom. The van der Waals surface area contributed by atoms with Crippen LogP contribution in [-0.4, -0.2) is 28.5 Å². The maximum Gasteiger partial charge on any atom is 0.414 e. The van der Waals surface area contributed by atoms with Gasteiger partial charge in [-0.2, -0.15) is 18.3 Å². The molecular weight excluding hydrogens is 239 g/mol. The Hall–Kier alpha value is -1.57. The number of alkyl halides is 3. The largest absolute Gasteiger partial charge is 0.414 e. The third-order valence-electron chi connectivity index (χ3n) is 2.14. The minimum Gasteiger partial charge on any atom is -0.272 e. The van der Waals surface area contributed by atoms with Crippen molar-refractivity contribution in [1.82, 2.24) is 15.3 Å². The number of nitrogens with zero attached hydrogens (tertiary/aromatic N) is 2. The molecule has 0 saturated carbocycles. The Morgan fingerprint density at radius 2 is 2.06 bits per heavy atom. The molecule has 0 aliphatic rings. The highest BCUT2D eigenvalue weighted by atomic mass is 19.4. The third kappa shape index (κ3) is 3.45. The van der Waals surface area contributed by atoms with Crippen molar-refractivity contribution >= 4 is 5.91 Å². The SMILES string of the molecule is Cc1nn(C)c(C)c1C(=O)NOCC(F)(F)F. The second-order valence-corrected chi connectivity index (χ2v) is 3.50. The van der Waals surface area contributed by atoms with Gasteiger partial charge in [-0.1, -0.05) is 0 Å². The standard InChI is InChI=1S/C9H12F3N3O2/c1-5-7(6(2)15(3)13-5)8(16)14-17-4-9(10,11)12/h4H2,1-3H3,(H,14,16). The van der Waals surface area contributed by atoms with Crippen LogP contribution in [0.25, 0.3) is 0 Å². The lowest BCUT2D eigenvalue weighted by atomic mass is 10.2. The maximum absolute atomic E-state index is 11.8. The van der Waals surface area contributed by atoms with Crippen LogP contribution in [0, 0.1) is 13.8 Å². The summed E-state index contributed by atoms with van der Waals surface area (Å²) in [4.78, 5) is 15.6. The van der Waals surface area contributed by atoms with Crippen molar-refractivity contribution in [3.8, 4) is 0 Å². The van der Waals surface area contributed by atoms with E-state index in [1.54, 1.807) is 26.4 Å². The second kappa shape index (κ2) is 4.74. The zero-order chi connectivity index (χ0) is 13.2. The summed E-state index contributed by atoms with van der Waals surface area (Å²) in [6, 6.07) is 0. The minimum atomic E-state index is -4.48. The summed E-state index contributed by atoms with van der Waals surface area (Å²) in [6.45, 7) is 1.70. The van der Waals surface area contributed by atoms with E-state index in [9.17, 15) is 18.0 Å². The van der Waals surface area contributed by atoms with E-state index in [1.807, 2.05) is 0 Å². The monoisotopic (exact) mass is 251 g/mol. The fourth-order valence-corrected chi connectivity index (χ4v) is 1.34. The van der Waals surface area contributed by atoms with E-state index in [0.29, 0.717) is 11.4 Å². The summed E-state index contributed by atoms with van der Waals surface area (Å²) in [5.41, 5.74) is 2.94. The normalized spacial score (nSPS) is 11.6. The number of hydrogen-bond acceptors (Lipinski definition) is 3. The van der Waals surface area contributed by atoms with E-state index in [4.69, 9.17) is 0 Å². The van der Waals surface area contributed by atoms with Crippen LogP contribution < -0.4 is 5.48 Å². The van der Waals surface area contributed by atoms with Gasteiger partial charge in [0.2, 0.25) is 0 Å². The van der Waals surface area contributed by atoms with Crippen molar-refractivity contribution in [2.45, 2.75) is 20.0 Å². The first kappa shape index (κ1) is 13.5. The highest BCUT2D eigenvalue weighted by Gasteiger charge is 2.28. The van der Waals surface area contributed by atoms with E-state index in [-0.39, 0.29) is 5.56 Å². The van der Waals surface area contributed by atoms with Gasteiger partial charge in [-0.3, -0.25) is 14.3 Å². The molecule has 1 N–H and O–H groups in total. The van der Waals surface area contributed by atoms with Crippen molar-refractivity contribution in [3.05, 3.63) is 17.0 Å². The fraction of sp³-hybridized carbons (Fsp3) is 0.556. The molecule has 8 heteroatoms. The number of carbonyl (C=O) groups is 1. The van der Waals surface area contributed by atoms with Gasteiger partial charge in [0.15, 0.2) is 6.61 Å². The van der Waals surface area contributed by atoms with Gasteiger partial charge in [-0.15, -0.1) is 0 Å². The molecule has 0 aliphatic carbocycles. The number of aryl methyl sites for hydroxylation is 2. The molecule has 0 bridgehead atoms. The van der Waals surface area contributed by atoms with E-state index in [0.717, 1.165) is 0 Å². The zero-order valence-electron chi connectivity index (χ0n) is 9.55. The quantitative estimate of drug-likeness (QED) is 0.823. The van der Waals surface area contributed by atoms with Crippen LogP contribution in [0.2, 0.25) is 0 Å². The molecule has 1 rings (SSSR count). The predicted octanol–water partition coefficient (Wildman–Crippen LogP) is 1.26. The van der Waals surface area contributed by atoms with Crippen molar-refractivity contribution < 1.29 is 22.8 Å². The first-order chi connectivity index (χ1) is 7.72. The van der Waals surface area contributed by atoms with Crippen molar-refractivity contribution in [3.63, 3.8) is 0 Å². The molecule has 17 heavy (non-hydrogen) atoms. The average Bonchev–Trinajstić information content (AvgIpc) is 2.38. The lowest BCUT2D eigenvalue weighted by Gasteiger charge is -2.08. The highest BCUT2D eigenvalue weighted by molar-refractivity contribution is 5.95. The Balaban J connectivity index is 2.65. The molecule has 1 amide bonds. The van der Waals surface area contributed by atoms with Crippen molar-refractivity contribution in [2.75, 3.05) is 6.61 Å². The van der Waals surface area contributed by atoms with Crippen LogP contribution in [0.5, 0.6) is 0 Å². The molecular formula is C9H12F3N3O2. The van der Waals surface area contributed by atoms with Crippen LogP contribution in [0.1, 0.15) is 21.7 Å². The van der Waals surface area contributed by atoms with Crippen LogP contribution in [-0.2, 0) is 11.9 Å². The summed E-state index contributed by atoms with van der Waals surface area (Å²) in [6.07, 6.45) is -4.48. The molecule has 1 heterocycles. The van der Waals surface area contributed by atoms with E-state index >= 15 is 0 Å². The van der Waals surface area contributed by atoms with Crippen LogP contribution in [0.4, 0.5) is 13.2 Å². The molecule has 0 spiro atoms. The first-order valence-corrected chi connectivity index (χ1v) is 4.71. The molecule has 0 aromatic carbocycles. The Morgan fingerprint density at radius 1 is 1.47 bits per heavy atom. The predicted molar refractivity (Wildman–Crippen MR) is 52.2 cm³/mol. The first-order valence-electron chi connectivity index (χ1n) is 4.71. The number of hydrogen-bond donors (Lipinski definition) is 1. The fourth-order valence-electron chi connectivity index (χ4n) is 1.34. The second-order valence-electron chi connectivity index (χ2n) is 3.50. The number of hydroxylamine groups is 1. The smallest absolute Gasteiger partial charge is 0.272 e. The molecule has 1 aromatic heterocycles. The lowest BCUT2D eigenvalue weighted by Crippen LogP contribution is -2.30. The molecule has 0 fully saturated rings. The third-order valence-corrected chi connectivity index (χ3v) is 2.14. The zero-order valence-corrected chi connectivity index (χ0v) is 9.55. The number of halogens is 3. The van der Waals surface area contributed by atoms with Gasteiger partial charge in [0, 0.05) is 12.7 Å². The van der Waals surface area contributed by atoms with Gasteiger partial charge in [0.05, 0.1) is 11.3 Å².